The molecule has 0 spiro atoms. The molecule has 3 atom stereocenters. The number of carbonyl (C=O) groups excluding carboxylic acids is 2. The maximum atomic E-state index is 11.8. The first-order chi connectivity index (χ1) is 8.12. The van der Waals surface area contributed by atoms with Gasteiger partial charge in [0.1, 0.15) is 12.1 Å². The third-order valence-corrected chi connectivity index (χ3v) is 2.87. The van der Waals surface area contributed by atoms with Crippen molar-refractivity contribution in [1.82, 2.24) is 5.32 Å². The first-order valence-electron chi connectivity index (χ1n) is 5.86. The Hall–Kier alpha value is -0.850. The quantitative estimate of drug-likeness (QED) is 0.691. The van der Waals surface area contributed by atoms with Crippen LogP contribution in [0.15, 0.2) is 0 Å². The number of nitrogens with one attached hydrogen (secondary N) is 1. The van der Waals surface area contributed by atoms with Crippen molar-refractivity contribution in [2.45, 2.75) is 44.4 Å². The summed E-state index contributed by atoms with van der Waals surface area (Å²) in [4.78, 5) is 23.1. The Labute approximate surface area is 113 Å². The number of hydrogen-bond donors (Lipinski definition) is 2. The normalized spacial score (nSPS) is 23.9. The molecule has 6 nitrogen and oxygen atoms in total. The van der Waals surface area contributed by atoms with Gasteiger partial charge in [0.2, 0.25) is 5.91 Å². The zero-order valence-electron chi connectivity index (χ0n) is 10.7. The third kappa shape index (κ3) is 4.44. The summed E-state index contributed by atoms with van der Waals surface area (Å²) in [6.07, 6.45) is 1.37. The highest BCUT2D eigenvalue weighted by Crippen LogP contribution is 2.19. The average Bonchev–Trinajstić information content (AvgIpc) is 2.83. The van der Waals surface area contributed by atoms with Crippen LogP contribution >= 0.6 is 12.4 Å². The van der Waals surface area contributed by atoms with Crippen molar-refractivity contribution in [2.24, 2.45) is 5.73 Å². The van der Waals surface area contributed by atoms with Crippen molar-refractivity contribution < 1.29 is 19.1 Å². The molecule has 1 fully saturated rings. The summed E-state index contributed by atoms with van der Waals surface area (Å²) in [6.45, 7) is 2.22. The Morgan fingerprint density at radius 2 is 2.17 bits per heavy atom. The summed E-state index contributed by atoms with van der Waals surface area (Å²) in [5, 5.41) is 2.62. The second-order valence-electron chi connectivity index (χ2n) is 4.05. The van der Waals surface area contributed by atoms with Gasteiger partial charge in [-0.25, -0.2) is 4.79 Å². The fraction of sp³-hybridized carbons (Fsp3) is 0.818. The zero-order chi connectivity index (χ0) is 12.8. The van der Waals surface area contributed by atoms with Gasteiger partial charge in [0.05, 0.1) is 13.2 Å². The molecule has 1 aliphatic heterocycles. The summed E-state index contributed by atoms with van der Waals surface area (Å²) in [5.41, 5.74) is 5.46. The van der Waals surface area contributed by atoms with Gasteiger partial charge in [0.15, 0.2) is 0 Å². The Morgan fingerprint density at radius 3 is 2.61 bits per heavy atom. The molecular weight excluding hydrogens is 260 g/mol. The Balaban J connectivity index is 0.00000289. The van der Waals surface area contributed by atoms with Crippen LogP contribution in [0, 0.1) is 0 Å². The highest BCUT2D eigenvalue weighted by atomic mass is 35.5. The minimum atomic E-state index is -0.604. The summed E-state index contributed by atoms with van der Waals surface area (Å²) in [7, 11) is 1.30. The van der Waals surface area contributed by atoms with E-state index in [1.807, 2.05) is 0 Å². The molecule has 1 amide bonds. The van der Waals surface area contributed by atoms with Crippen molar-refractivity contribution in [3.63, 3.8) is 0 Å². The number of hydrogen-bond acceptors (Lipinski definition) is 5. The van der Waals surface area contributed by atoms with Crippen molar-refractivity contribution in [1.29, 1.82) is 0 Å². The van der Waals surface area contributed by atoms with Crippen LogP contribution < -0.4 is 11.1 Å². The molecule has 0 radical (unpaired) electrons. The van der Waals surface area contributed by atoms with Gasteiger partial charge in [-0.1, -0.05) is 6.92 Å². The number of nitrogens with two attached hydrogens (primary N) is 1. The van der Waals surface area contributed by atoms with E-state index >= 15 is 0 Å². The molecule has 18 heavy (non-hydrogen) atoms. The smallest absolute Gasteiger partial charge is 0.328 e. The van der Waals surface area contributed by atoms with Crippen LogP contribution in [0.5, 0.6) is 0 Å². The molecule has 0 aromatic rings. The number of methoxy groups -OCH3 is 1. The number of esters is 1. The van der Waals surface area contributed by atoms with Gasteiger partial charge in [-0.15, -0.1) is 12.4 Å². The van der Waals surface area contributed by atoms with Gasteiger partial charge in [0.25, 0.3) is 0 Å². The molecule has 106 valence electrons. The zero-order valence-corrected chi connectivity index (χ0v) is 11.5. The van der Waals surface area contributed by atoms with Crippen LogP contribution in [-0.2, 0) is 19.1 Å². The van der Waals surface area contributed by atoms with Crippen LogP contribution in [0.3, 0.4) is 0 Å². The molecule has 0 aromatic heterocycles. The number of carbonyl (C=O) groups is 2. The maximum Gasteiger partial charge on any atom is 0.328 e. The second-order valence-corrected chi connectivity index (χ2v) is 4.05. The molecule has 1 saturated heterocycles. The molecule has 0 aliphatic carbocycles. The second kappa shape index (κ2) is 8.29. The first kappa shape index (κ1) is 17.2. The van der Waals surface area contributed by atoms with E-state index in [0.29, 0.717) is 19.4 Å². The largest absolute Gasteiger partial charge is 0.467 e. The first-order valence-corrected chi connectivity index (χ1v) is 5.86. The van der Waals surface area contributed by atoms with Crippen LogP contribution in [0.4, 0.5) is 0 Å². The van der Waals surface area contributed by atoms with Gasteiger partial charge in [-0.2, -0.15) is 0 Å². The predicted molar refractivity (Wildman–Crippen MR) is 68.4 cm³/mol. The van der Waals surface area contributed by atoms with E-state index < -0.39 is 18.1 Å². The molecule has 0 aromatic carbocycles. The van der Waals surface area contributed by atoms with E-state index in [0.717, 1.165) is 6.42 Å². The summed E-state index contributed by atoms with van der Waals surface area (Å²) >= 11 is 0. The standard InChI is InChI=1S/C11H20N2O4.ClH/c1-3-8(11(15)16-2)13-10(14)9-5-4-7(6-12)17-9;/h7-9H,3-6,12H2,1-2H3,(H,13,14);1H/t7-,8?,9+;/m1./s1. The maximum absolute atomic E-state index is 11.8. The minimum Gasteiger partial charge on any atom is -0.467 e. The molecular formula is C11H21ClN2O4. The summed E-state index contributed by atoms with van der Waals surface area (Å²) < 4.78 is 10.0. The Kier molecular flexibility index (Phi) is 7.90. The van der Waals surface area contributed by atoms with E-state index in [4.69, 9.17) is 10.5 Å². The van der Waals surface area contributed by atoms with Crippen molar-refractivity contribution in [3.05, 3.63) is 0 Å². The summed E-state index contributed by atoms with van der Waals surface area (Å²) in [5.74, 6) is -0.701. The van der Waals surface area contributed by atoms with Crippen molar-refractivity contribution in [2.75, 3.05) is 13.7 Å². The monoisotopic (exact) mass is 280 g/mol. The molecule has 7 heteroatoms. The van der Waals surface area contributed by atoms with Crippen LogP contribution in [0.25, 0.3) is 0 Å². The van der Waals surface area contributed by atoms with Crippen LogP contribution in [0.1, 0.15) is 26.2 Å². The lowest BCUT2D eigenvalue weighted by Crippen LogP contribution is -2.45. The third-order valence-electron chi connectivity index (χ3n) is 2.87. The van der Waals surface area contributed by atoms with E-state index in [1.165, 1.54) is 7.11 Å². The Morgan fingerprint density at radius 1 is 1.50 bits per heavy atom. The van der Waals surface area contributed by atoms with E-state index in [9.17, 15) is 9.59 Å². The molecule has 1 unspecified atom stereocenters. The van der Waals surface area contributed by atoms with E-state index in [1.54, 1.807) is 6.92 Å². The number of rotatable bonds is 5. The van der Waals surface area contributed by atoms with E-state index in [2.05, 4.69) is 10.1 Å². The van der Waals surface area contributed by atoms with Gasteiger partial charge in [-0.05, 0) is 19.3 Å². The van der Waals surface area contributed by atoms with Gasteiger partial charge in [0, 0.05) is 6.54 Å². The molecule has 1 aliphatic rings. The SMILES string of the molecule is CCC(NC(=O)[C@@H]1CC[C@H](CN)O1)C(=O)OC.Cl. The van der Waals surface area contributed by atoms with Crippen molar-refractivity contribution >= 4 is 24.3 Å². The fourth-order valence-electron chi connectivity index (χ4n) is 1.81. The average molecular weight is 281 g/mol. The Bertz CT molecular complexity index is 288. The van der Waals surface area contributed by atoms with Crippen LogP contribution in [-0.4, -0.2) is 43.8 Å². The molecule has 0 saturated carbocycles. The van der Waals surface area contributed by atoms with E-state index in [-0.39, 0.29) is 24.4 Å². The lowest BCUT2D eigenvalue weighted by Gasteiger charge is -2.17. The molecule has 1 rings (SSSR count). The molecule has 3 N–H and O–H groups in total. The summed E-state index contributed by atoms with van der Waals surface area (Å²) in [6, 6.07) is -0.604. The minimum absolute atomic E-state index is 0. The van der Waals surface area contributed by atoms with Crippen molar-refractivity contribution in [3.8, 4) is 0 Å². The molecule has 0 bridgehead atoms. The highest BCUT2D eigenvalue weighted by Gasteiger charge is 2.32. The van der Waals surface area contributed by atoms with Gasteiger partial charge < -0.3 is 20.5 Å². The number of amides is 1. The predicted octanol–water partition coefficient (Wildman–Crippen LogP) is -0.0177. The lowest BCUT2D eigenvalue weighted by molar-refractivity contribution is -0.146. The van der Waals surface area contributed by atoms with Gasteiger partial charge in [-0.3, -0.25) is 4.79 Å². The number of halogens is 1. The number of ether oxygens (including phenoxy) is 2. The topological polar surface area (TPSA) is 90.7 Å². The lowest BCUT2D eigenvalue weighted by atomic mass is 10.1. The molecule has 1 heterocycles. The van der Waals surface area contributed by atoms with Gasteiger partial charge >= 0.3 is 5.97 Å². The highest BCUT2D eigenvalue weighted by molar-refractivity contribution is 5.87. The fourth-order valence-corrected chi connectivity index (χ4v) is 1.81. The van der Waals surface area contributed by atoms with Crippen LogP contribution in [0.2, 0.25) is 0 Å².